The van der Waals surface area contributed by atoms with E-state index in [1.807, 2.05) is 24.3 Å². The van der Waals surface area contributed by atoms with E-state index in [0.717, 1.165) is 37.4 Å². The molecule has 0 radical (unpaired) electrons. The molecule has 0 aromatic heterocycles. The second-order valence-electron chi connectivity index (χ2n) is 5.30. The van der Waals surface area contributed by atoms with Crippen molar-refractivity contribution in [3.8, 4) is 0 Å². The molecule has 1 aromatic carbocycles. The maximum absolute atomic E-state index is 12.0. The smallest absolute Gasteiger partial charge is 0.238 e. The maximum Gasteiger partial charge on any atom is 0.238 e. The van der Waals surface area contributed by atoms with Gasteiger partial charge in [-0.25, -0.2) is 0 Å². The molecule has 5 heteroatoms. The van der Waals surface area contributed by atoms with Crippen molar-refractivity contribution < 1.29 is 9.53 Å². The van der Waals surface area contributed by atoms with E-state index in [1.165, 1.54) is 0 Å². The normalized spacial score (nSPS) is 19.2. The van der Waals surface area contributed by atoms with Gasteiger partial charge in [0, 0.05) is 25.9 Å². The van der Waals surface area contributed by atoms with Crippen molar-refractivity contribution in [2.45, 2.75) is 13.0 Å². The fourth-order valence-electron chi connectivity index (χ4n) is 2.61. The van der Waals surface area contributed by atoms with Gasteiger partial charge in [0.05, 0.1) is 13.2 Å². The van der Waals surface area contributed by atoms with Crippen LogP contribution < -0.4 is 11.1 Å². The van der Waals surface area contributed by atoms with Crippen molar-refractivity contribution in [3.63, 3.8) is 0 Å². The van der Waals surface area contributed by atoms with Crippen LogP contribution in [0.5, 0.6) is 0 Å². The van der Waals surface area contributed by atoms with Gasteiger partial charge in [0.1, 0.15) is 0 Å². The number of nitrogens with zero attached hydrogens (tertiary/aromatic N) is 1. The zero-order valence-electron chi connectivity index (χ0n) is 12.0. The Morgan fingerprint density at radius 1 is 1.55 bits per heavy atom. The highest BCUT2D eigenvalue weighted by Crippen LogP contribution is 2.16. The number of carbonyl (C=O) groups excluding carboxylic acids is 1. The third kappa shape index (κ3) is 4.30. The summed E-state index contributed by atoms with van der Waals surface area (Å²) >= 11 is 0. The molecule has 1 aromatic rings. The summed E-state index contributed by atoms with van der Waals surface area (Å²) in [5.41, 5.74) is 7.42. The molecule has 1 amide bonds. The lowest BCUT2D eigenvalue weighted by atomic mass is 10.1. The molecule has 5 nitrogen and oxygen atoms in total. The van der Waals surface area contributed by atoms with Gasteiger partial charge in [0.25, 0.3) is 0 Å². The average Bonchev–Trinajstić information content (AvgIpc) is 2.86. The fraction of sp³-hybridized carbons (Fsp3) is 0.533. The van der Waals surface area contributed by atoms with Crippen molar-refractivity contribution in [1.29, 1.82) is 0 Å². The highest BCUT2D eigenvalue weighted by atomic mass is 16.5. The Morgan fingerprint density at radius 2 is 2.40 bits per heavy atom. The molecule has 1 heterocycles. The van der Waals surface area contributed by atoms with Gasteiger partial charge in [-0.15, -0.1) is 0 Å². The van der Waals surface area contributed by atoms with Crippen molar-refractivity contribution in [1.82, 2.24) is 4.90 Å². The van der Waals surface area contributed by atoms with E-state index in [9.17, 15) is 4.79 Å². The predicted molar refractivity (Wildman–Crippen MR) is 79.4 cm³/mol. The van der Waals surface area contributed by atoms with Crippen LogP contribution in [0.2, 0.25) is 0 Å². The van der Waals surface area contributed by atoms with Gasteiger partial charge in [-0.2, -0.15) is 0 Å². The number of hydrogen-bond donors (Lipinski definition) is 2. The average molecular weight is 277 g/mol. The molecule has 3 N–H and O–H groups in total. The number of amides is 1. The largest absolute Gasteiger partial charge is 0.384 e. The molecule has 0 bridgehead atoms. The second kappa shape index (κ2) is 7.38. The minimum Gasteiger partial charge on any atom is -0.384 e. The number of hydrogen-bond acceptors (Lipinski definition) is 4. The molecule has 1 saturated heterocycles. The third-order valence-electron chi connectivity index (χ3n) is 3.59. The summed E-state index contributed by atoms with van der Waals surface area (Å²) in [7, 11) is 1.72. The molecular weight excluding hydrogens is 254 g/mol. The first-order valence-electron chi connectivity index (χ1n) is 7.01. The van der Waals surface area contributed by atoms with Crippen LogP contribution in [0.25, 0.3) is 0 Å². The summed E-state index contributed by atoms with van der Waals surface area (Å²) < 4.78 is 5.16. The predicted octanol–water partition coefficient (Wildman–Crippen LogP) is 1.05. The molecule has 2 rings (SSSR count). The van der Waals surface area contributed by atoms with E-state index in [1.54, 1.807) is 7.11 Å². The summed E-state index contributed by atoms with van der Waals surface area (Å²) in [4.78, 5) is 14.2. The van der Waals surface area contributed by atoms with Crippen LogP contribution in [-0.2, 0) is 16.1 Å². The monoisotopic (exact) mass is 277 g/mol. The van der Waals surface area contributed by atoms with Gasteiger partial charge in [0.2, 0.25) is 5.91 Å². The lowest BCUT2D eigenvalue weighted by Gasteiger charge is -2.15. The Balaban J connectivity index is 1.80. The van der Waals surface area contributed by atoms with Crippen LogP contribution in [-0.4, -0.2) is 44.2 Å². The molecular formula is C15H23N3O2. The zero-order valence-corrected chi connectivity index (χ0v) is 12.0. The Hall–Kier alpha value is -1.43. The van der Waals surface area contributed by atoms with E-state index in [2.05, 4.69) is 10.2 Å². The van der Waals surface area contributed by atoms with E-state index in [-0.39, 0.29) is 5.91 Å². The van der Waals surface area contributed by atoms with Gasteiger partial charge in [-0.05, 0) is 36.6 Å². The molecule has 0 aliphatic carbocycles. The summed E-state index contributed by atoms with van der Waals surface area (Å²) in [6.07, 6.45) is 1.10. The molecule has 0 saturated carbocycles. The highest BCUT2D eigenvalue weighted by Gasteiger charge is 2.23. The minimum atomic E-state index is 0.0252. The lowest BCUT2D eigenvalue weighted by molar-refractivity contribution is -0.117. The Morgan fingerprint density at radius 3 is 3.15 bits per heavy atom. The summed E-state index contributed by atoms with van der Waals surface area (Å²) in [6, 6.07) is 7.65. The Bertz CT molecular complexity index is 450. The van der Waals surface area contributed by atoms with Gasteiger partial charge in [-0.3, -0.25) is 9.69 Å². The molecule has 110 valence electrons. The number of anilines is 1. The van der Waals surface area contributed by atoms with Crippen molar-refractivity contribution in [3.05, 3.63) is 29.8 Å². The van der Waals surface area contributed by atoms with Crippen LogP contribution in [0.3, 0.4) is 0 Å². The van der Waals surface area contributed by atoms with Crippen LogP contribution in [0.4, 0.5) is 5.69 Å². The first-order chi connectivity index (χ1) is 9.71. The molecule has 1 unspecified atom stereocenters. The third-order valence-corrected chi connectivity index (χ3v) is 3.59. The van der Waals surface area contributed by atoms with E-state index in [4.69, 9.17) is 10.5 Å². The molecule has 1 aliphatic heterocycles. The number of nitrogens with two attached hydrogens (primary N) is 1. The highest BCUT2D eigenvalue weighted by molar-refractivity contribution is 5.92. The lowest BCUT2D eigenvalue weighted by Crippen LogP contribution is -2.32. The molecule has 1 aliphatic rings. The number of likely N-dealkylation sites (tertiary alicyclic amines) is 1. The first kappa shape index (κ1) is 15.0. The second-order valence-corrected chi connectivity index (χ2v) is 5.30. The number of carbonyl (C=O) groups is 1. The van der Waals surface area contributed by atoms with Gasteiger partial charge < -0.3 is 15.8 Å². The summed E-state index contributed by atoms with van der Waals surface area (Å²) in [5, 5.41) is 2.92. The van der Waals surface area contributed by atoms with E-state index < -0.39 is 0 Å². The van der Waals surface area contributed by atoms with Crippen LogP contribution in [0, 0.1) is 5.92 Å². The van der Waals surface area contributed by atoms with E-state index >= 15 is 0 Å². The Kier molecular flexibility index (Phi) is 5.52. The van der Waals surface area contributed by atoms with Crippen LogP contribution in [0.15, 0.2) is 24.3 Å². The quantitative estimate of drug-likeness (QED) is 0.815. The van der Waals surface area contributed by atoms with Crippen LogP contribution >= 0.6 is 0 Å². The number of ether oxygens (including phenoxy) is 1. The fourth-order valence-corrected chi connectivity index (χ4v) is 2.61. The maximum atomic E-state index is 12.0. The van der Waals surface area contributed by atoms with Gasteiger partial charge in [-0.1, -0.05) is 12.1 Å². The Labute approximate surface area is 120 Å². The number of rotatable bonds is 6. The molecule has 20 heavy (non-hydrogen) atoms. The number of benzene rings is 1. The minimum absolute atomic E-state index is 0.0252. The summed E-state index contributed by atoms with van der Waals surface area (Å²) in [5.74, 6) is 0.575. The van der Waals surface area contributed by atoms with Gasteiger partial charge >= 0.3 is 0 Å². The van der Waals surface area contributed by atoms with Crippen molar-refractivity contribution >= 4 is 11.6 Å². The molecule has 0 spiro atoms. The van der Waals surface area contributed by atoms with Crippen LogP contribution in [0.1, 0.15) is 12.0 Å². The summed E-state index contributed by atoms with van der Waals surface area (Å²) in [6.45, 7) is 3.59. The first-order valence-corrected chi connectivity index (χ1v) is 7.01. The van der Waals surface area contributed by atoms with Gasteiger partial charge in [0.15, 0.2) is 0 Å². The number of nitrogens with one attached hydrogen (secondary N) is 1. The number of methoxy groups -OCH3 is 1. The SMILES string of the molecule is COCC1CCN(CC(=O)Nc2cccc(CN)c2)C1. The van der Waals surface area contributed by atoms with E-state index in [0.29, 0.717) is 19.0 Å². The topological polar surface area (TPSA) is 67.6 Å². The standard InChI is InChI=1S/C15H23N3O2/c1-20-11-13-5-6-18(9-13)10-15(19)17-14-4-2-3-12(7-14)8-16/h2-4,7,13H,5-6,8-11,16H2,1H3,(H,17,19). The zero-order chi connectivity index (χ0) is 14.4. The molecule has 1 fully saturated rings. The van der Waals surface area contributed by atoms with Crippen molar-refractivity contribution in [2.75, 3.05) is 38.7 Å². The molecule has 1 atom stereocenters. The van der Waals surface area contributed by atoms with Crippen molar-refractivity contribution in [2.24, 2.45) is 11.7 Å².